The molecule has 2 atom stereocenters. The van der Waals surface area contributed by atoms with E-state index >= 15 is 0 Å². The highest BCUT2D eigenvalue weighted by atomic mass is 35.5. The molecule has 10 heavy (non-hydrogen) atoms. The van der Waals surface area contributed by atoms with Crippen LogP contribution in [0.5, 0.6) is 0 Å². The minimum Gasteiger partial charge on any atom is -0.391 e. The molecule has 1 aliphatic rings. The van der Waals surface area contributed by atoms with Crippen LogP contribution in [0.15, 0.2) is 0 Å². The van der Waals surface area contributed by atoms with Crippen molar-refractivity contribution >= 4 is 24.2 Å². The molecule has 0 aliphatic carbocycles. The molecule has 0 radical (unpaired) electrons. The van der Waals surface area contributed by atoms with Crippen LogP contribution in [0.4, 0.5) is 0 Å². The fraction of sp³-hybridized carbons (Fsp3) is 1.00. The first-order chi connectivity index (χ1) is 4.34. The van der Waals surface area contributed by atoms with Gasteiger partial charge in [-0.2, -0.15) is 11.8 Å². The summed E-state index contributed by atoms with van der Waals surface area (Å²) in [5, 5.41) is 12.4. The summed E-state index contributed by atoms with van der Waals surface area (Å²) in [5.41, 5.74) is 0. The lowest BCUT2D eigenvalue weighted by molar-refractivity contribution is 0.158. The van der Waals surface area contributed by atoms with Crippen LogP contribution >= 0.6 is 24.2 Å². The Morgan fingerprint density at radius 3 is 2.70 bits per heavy atom. The smallest absolute Gasteiger partial charge is 0.0712 e. The molecule has 0 aromatic heterocycles. The monoisotopic (exact) mass is 183 g/mol. The van der Waals surface area contributed by atoms with E-state index in [9.17, 15) is 5.11 Å². The molecule has 2 N–H and O–H groups in total. The second-order valence-corrected chi connectivity index (χ2v) is 3.35. The summed E-state index contributed by atoms with van der Waals surface area (Å²) >= 11 is 1.80. The van der Waals surface area contributed by atoms with Crippen molar-refractivity contribution in [1.29, 1.82) is 0 Å². The number of aliphatic hydroxyl groups excluding tert-OH is 1. The lowest BCUT2D eigenvalue weighted by Crippen LogP contribution is -2.19. The van der Waals surface area contributed by atoms with Crippen molar-refractivity contribution in [2.24, 2.45) is 5.92 Å². The Balaban J connectivity index is 0.000000810. The predicted octanol–water partition coefficient (Wildman–Crippen LogP) is 0.351. The van der Waals surface area contributed by atoms with E-state index in [2.05, 4.69) is 11.6 Å². The third kappa shape index (κ3) is 2.66. The molecule has 0 saturated carbocycles. The number of nitrogens with one attached hydrogen (secondary N) is 1. The summed E-state index contributed by atoms with van der Waals surface area (Å²) < 4.78 is 0. The molecule has 2 nitrogen and oxygen atoms in total. The zero-order valence-electron chi connectivity index (χ0n) is 6.04. The number of rotatable bonds is 2. The summed E-state index contributed by atoms with van der Waals surface area (Å²) in [4.78, 5) is 0. The second-order valence-electron chi connectivity index (χ2n) is 2.44. The van der Waals surface area contributed by atoms with Gasteiger partial charge in [0.05, 0.1) is 6.10 Å². The molecule has 0 bridgehead atoms. The fourth-order valence-electron chi connectivity index (χ4n) is 1.10. The van der Waals surface area contributed by atoms with Gasteiger partial charge < -0.3 is 10.4 Å². The van der Waals surface area contributed by atoms with Crippen LogP contribution in [0.2, 0.25) is 0 Å². The summed E-state index contributed by atoms with van der Waals surface area (Å²) in [5.74, 6) is 1.56. The van der Waals surface area contributed by atoms with Gasteiger partial charge in [-0.05, 0) is 12.0 Å². The van der Waals surface area contributed by atoms with E-state index in [4.69, 9.17) is 0 Å². The fourth-order valence-corrected chi connectivity index (χ4v) is 1.87. The van der Waals surface area contributed by atoms with Crippen LogP contribution in [-0.4, -0.2) is 36.3 Å². The standard InChI is InChI=1S/C6H13NOS.ClH/c1-9-4-5-2-7-3-6(5)8;/h5-8H,2-4H2,1H3;1H/t5-,6+;/m1./s1. The normalized spacial score (nSPS) is 31.8. The number of halogens is 1. The van der Waals surface area contributed by atoms with E-state index in [0.29, 0.717) is 5.92 Å². The molecule has 62 valence electrons. The summed E-state index contributed by atoms with van der Waals surface area (Å²) in [6.45, 7) is 1.77. The third-order valence-electron chi connectivity index (χ3n) is 1.68. The number of thioether (sulfide) groups is 1. The first-order valence-corrected chi connectivity index (χ1v) is 4.61. The van der Waals surface area contributed by atoms with E-state index in [-0.39, 0.29) is 18.5 Å². The number of hydrogen-bond donors (Lipinski definition) is 2. The van der Waals surface area contributed by atoms with Gasteiger partial charge in [-0.25, -0.2) is 0 Å². The first kappa shape index (κ1) is 10.6. The van der Waals surface area contributed by atoms with Gasteiger partial charge in [-0.3, -0.25) is 0 Å². The van der Waals surface area contributed by atoms with Crippen LogP contribution in [-0.2, 0) is 0 Å². The van der Waals surface area contributed by atoms with Gasteiger partial charge in [-0.1, -0.05) is 0 Å². The molecular weight excluding hydrogens is 170 g/mol. The Hall–Kier alpha value is 0.560. The van der Waals surface area contributed by atoms with Crippen LogP contribution in [0, 0.1) is 5.92 Å². The molecule has 4 heteroatoms. The third-order valence-corrected chi connectivity index (χ3v) is 2.45. The molecule has 1 saturated heterocycles. The lowest BCUT2D eigenvalue weighted by atomic mass is 10.1. The van der Waals surface area contributed by atoms with Crippen molar-refractivity contribution < 1.29 is 5.11 Å². The zero-order valence-corrected chi connectivity index (χ0v) is 7.67. The van der Waals surface area contributed by atoms with Gasteiger partial charge in [0.25, 0.3) is 0 Å². The maximum atomic E-state index is 9.24. The van der Waals surface area contributed by atoms with Crippen molar-refractivity contribution in [3.05, 3.63) is 0 Å². The van der Waals surface area contributed by atoms with E-state index < -0.39 is 0 Å². The summed E-state index contributed by atoms with van der Waals surface area (Å²) in [6.07, 6.45) is 1.97. The average Bonchev–Trinajstić information content (AvgIpc) is 2.18. The van der Waals surface area contributed by atoms with Crippen LogP contribution < -0.4 is 5.32 Å². The lowest BCUT2D eigenvalue weighted by Gasteiger charge is -2.09. The quantitative estimate of drug-likeness (QED) is 0.648. The van der Waals surface area contributed by atoms with Crippen LogP contribution in [0.25, 0.3) is 0 Å². The molecule has 1 fully saturated rings. The van der Waals surface area contributed by atoms with Crippen LogP contribution in [0.3, 0.4) is 0 Å². The van der Waals surface area contributed by atoms with Crippen molar-refractivity contribution in [3.63, 3.8) is 0 Å². The minimum atomic E-state index is -0.0996. The molecule has 1 rings (SSSR count). The molecule has 1 aliphatic heterocycles. The average molecular weight is 184 g/mol. The van der Waals surface area contributed by atoms with Crippen LogP contribution in [0.1, 0.15) is 0 Å². The van der Waals surface area contributed by atoms with Crippen molar-refractivity contribution in [3.8, 4) is 0 Å². The van der Waals surface area contributed by atoms with E-state index in [1.165, 1.54) is 0 Å². The minimum absolute atomic E-state index is 0. The number of aliphatic hydroxyl groups is 1. The Morgan fingerprint density at radius 2 is 2.30 bits per heavy atom. The summed E-state index contributed by atoms with van der Waals surface area (Å²) in [6, 6.07) is 0. The molecule has 0 amide bonds. The maximum absolute atomic E-state index is 9.24. The Bertz CT molecular complexity index is 93.8. The zero-order chi connectivity index (χ0) is 6.69. The molecule has 0 aromatic carbocycles. The molecule has 0 aromatic rings. The predicted molar refractivity (Wildman–Crippen MR) is 48.0 cm³/mol. The Morgan fingerprint density at radius 1 is 1.60 bits per heavy atom. The largest absolute Gasteiger partial charge is 0.391 e. The second kappa shape index (κ2) is 5.24. The van der Waals surface area contributed by atoms with E-state index in [1.54, 1.807) is 11.8 Å². The number of hydrogen-bond acceptors (Lipinski definition) is 3. The Kier molecular flexibility index (Phi) is 5.54. The van der Waals surface area contributed by atoms with Gasteiger partial charge in [0.15, 0.2) is 0 Å². The first-order valence-electron chi connectivity index (χ1n) is 3.22. The van der Waals surface area contributed by atoms with Crippen molar-refractivity contribution in [1.82, 2.24) is 5.32 Å². The Labute approximate surface area is 72.2 Å². The molecular formula is C6H14ClNOS. The highest BCUT2D eigenvalue weighted by Crippen LogP contribution is 2.13. The van der Waals surface area contributed by atoms with Gasteiger partial charge in [-0.15, -0.1) is 12.4 Å². The van der Waals surface area contributed by atoms with Gasteiger partial charge in [0.2, 0.25) is 0 Å². The highest BCUT2D eigenvalue weighted by molar-refractivity contribution is 7.98. The number of β-amino-alcohol motifs (C(OH)–C–C–N with tert-alkyl or cyclic N) is 1. The van der Waals surface area contributed by atoms with Gasteiger partial charge in [0, 0.05) is 19.0 Å². The maximum Gasteiger partial charge on any atom is 0.0712 e. The van der Waals surface area contributed by atoms with E-state index in [0.717, 1.165) is 18.8 Å². The van der Waals surface area contributed by atoms with Gasteiger partial charge >= 0.3 is 0 Å². The molecule has 0 spiro atoms. The SMILES string of the molecule is CSC[C@H]1CNC[C@@H]1O.Cl. The summed E-state index contributed by atoms with van der Waals surface area (Å²) in [7, 11) is 0. The van der Waals surface area contributed by atoms with E-state index in [1.807, 2.05) is 0 Å². The van der Waals surface area contributed by atoms with Crippen molar-refractivity contribution in [2.45, 2.75) is 6.10 Å². The van der Waals surface area contributed by atoms with Crippen molar-refractivity contribution in [2.75, 3.05) is 25.1 Å². The van der Waals surface area contributed by atoms with Gasteiger partial charge in [0.1, 0.15) is 0 Å². The molecule has 1 heterocycles. The highest BCUT2D eigenvalue weighted by Gasteiger charge is 2.23. The molecule has 0 unspecified atom stereocenters. The topological polar surface area (TPSA) is 32.3 Å².